The van der Waals surface area contributed by atoms with Crippen LogP contribution < -0.4 is 10.1 Å². The van der Waals surface area contributed by atoms with E-state index in [4.69, 9.17) is 10.00 Å². The summed E-state index contributed by atoms with van der Waals surface area (Å²) in [5.41, 5.74) is 1.29. The van der Waals surface area contributed by atoms with Crippen molar-refractivity contribution < 1.29 is 4.74 Å². The van der Waals surface area contributed by atoms with Gasteiger partial charge in [0.05, 0.1) is 5.56 Å². The van der Waals surface area contributed by atoms with Gasteiger partial charge < -0.3 is 10.1 Å². The molecule has 19 heavy (non-hydrogen) atoms. The van der Waals surface area contributed by atoms with Crippen LogP contribution in [0.15, 0.2) is 24.3 Å². The standard InChI is InChI=1S/C13H14N4OS/c1-2-7-15-13-11(16-17-19-13)9-18-12-6-4-3-5-10(12)8-14/h3-6,15H,2,7,9H2,1H3. The van der Waals surface area contributed by atoms with E-state index in [0.717, 1.165) is 23.7 Å². The number of nitrogens with zero attached hydrogens (tertiary/aromatic N) is 3. The number of aromatic nitrogens is 2. The van der Waals surface area contributed by atoms with Crippen molar-refractivity contribution in [3.8, 4) is 11.8 Å². The fourth-order valence-electron chi connectivity index (χ4n) is 1.51. The molecule has 1 heterocycles. The number of nitrogens with one attached hydrogen (secondary N) is 1. The van der Waals surface area contributed by atoms with E-state index in [2.05, 4.69) is 27.9 Å². The molecule has 0 saturated carbocycles. The monoisotopic (exact) mass is 274 g/mol. The summed E-state index contributed by atoms with van der Waals surface area (Å²) < 4.78 is 9.55. The first kappa shape index (κ1) is 13.3. The normalized spacial score (nSPS) is 9.89. The van der Waals surface area contributed by atoms with E-state index in [0.29, 0.717) is 17.9 Å². The van der Waals surface area contributed by atoms with Crippen LogP contribution in [0.5, 0.6) is 5.75 Å². The lowest BCUT2D eigenvalue weighted by atomic mass is 10.2. The predicted octanol–water partition coefficient (Wildman–Crippen LogP) is 2.81. The average molecular weight is 274 g/mol. The van der Waals surface area contributed by atoms with E-state index in [9.17, 15) is 0 Å². The molecule has 2 aromatic rings. The number of nitriles is 1. The maximum Gasteiger partial charge on any atom is 0.137 e. The van der Waals surface area contributed by atoms with Crippen molar-refractivity contribution in [3.05, 3.63) is 35.5 Å². The Morgan fingerprint density at radius 1 is 1.42 bits per heavy atom. The van der Waals surface area contributed by atoms with Crippen LogP contribution in [0.3, 0.4) is 0 Å². The Hall–Kier alpha value is -2.13. The number of para-hydroxylation sites is 1. The summed E-state index contributed by atoms with van der Waals surface area (Å²) in [6.07, 6.45) is 1.04. The first-order valence-electron chi connectivity index (χ1n) is 6.02. The molecular formula is C13H14N4OS. The number of ether oxygens (including phenoxy) is 1. The van der Waals surface area contributed by atoms with Gasteiger partial charge in [-0.2, -0.15) is 5.26 Å². The lowest BCUT2D eigenvalue weighted by Gasteiger charge is -2.07. The van der Waals surface area contributed by atoms with Gasteiger partial charge >= 0.3 is 0 Å². The third kappa shape index (κ3) is 3.42. The van der Waals surface area contributed by atoms with Gasteiger partial charge in [-0.1, -0.05) is 23.5 Å². The fourth-order valence-corrected chi connectivity index (χ4v) is 2.10. The maximum absolute atomic E-state index is 8.98. The molecule has 1 N–H and O–H groups in total. The van der Waals surface area contributed by atoms with Crippen molar-refractivity contribution in [2.75, 3.05) is 11.9 Å². The van der Waals surface area contributed by atoms with Crippen molar-refractivity contribution in [2.45, 2.75) is 20.0 Å². The fraction of sp³-hybridized carbons (Fsp3) is 0.308. The number of rotatable bonds is 6. The quantitative estimate of drug-likeness (QED) is 0.877. The molecule has 0 bridgehead atoms. The molecule has 5 nitrogen and oxygen atoms in total. The van der Waals surface area contributed by atoms with E-state index in [1.165, 1.54) is 11.5 Å². The minimum Gasteiger partial charge on any atom is -0.486 e. The topological polar surface area (TPSA) is 70.8 Å². The molecule has 0 unspecified atom stereocenters. The molecule has 2 rings (SSSR count). The van der Waals surface area contributed by atoms with Crippen LogP contribution in [-0.4, -0.2) is 16.1 Å². The molecule has 0 amide bonds. The molecule has 0 radical (unpaired) electrons. The van der Waals surface area contributed by atoms with Gasteiger partial charge in [-0.25, -0.2) is 0 Å². The van der Waals surface area contributed by atoms with Crippen molar-refractivity contribution in [1.82, 2.24) is 9.59 Å². The van der Waals surface area contributed by atoms with Crippen LogP contribution in [-0.2, 0) is 6.61 Å². The highest BCUT2D eigenvalue weighted by Crippen LogP contribution is 2.22. The molecular weight excluding hydrogens is 260 g/mol. The number of hydrogen-bond acceptors (Lipinski definition) is 6. The third-order valence-electron chi connectivity index (χ3n) is 2.46. The van der Waals surface area contributed by atoms with Gasteiger partial charge in [-0.15, -0.1) is 5.10 Å². The van der Waals surface area contributed by atoms with Gasteiger partial charge in [-0.05, 0) is 18.6 Å². The zero-order valence-corrected chi connectivity index (χ0v) is 11.4. The maximum atomic E-state index is 8.98. The number of benzene rings is 1. The first-order chi connectivity index (χ1) is 9.35. The summed E-state index contributed by atoms with van der Waals surface area (Å²) in [6.45, 7) is 3.29. The van der Waals surface area contributed by atoms with E-state index in [1.54, 1.807) is 12.1 Å². The van der Waals surface area contributed by atoms with Crippen molar-refractivity contribution in [3.63, 3.8) is 0 Å². The predicted molar refractivity (Wildman–Crippen MR) is 74.2 cm³/mol. The van der Waals surface area contributed by atoms with Gasteiger partial charge in [0.15, 0.2) is 0 Å². The minimum atomic E-state index is 0.307. The summed E-state index contributed by atoms with van der Waals surface area (Å²) in [7, 11) is 0. The molecule has 6 heteroatoms. The lowest BCUT2D eigenvalue weighted by molar-refractivity contribution is 0.301. The Labute approximate surface area is 116 Å². The van der Waals surface area contributed by atoms with Gasteiger partial charge in [0.1, 0.15) is 29.1 Å². The zero-order valence-electron chi connectivity index (χ0n) is 10.6. The van der Waals surface area contributed by atoms with Gasteiger partial charge in [-0.3, -0.25) is 0 Å². The summed E-state index contributed by atoms with van der Waals surface area (Å²) in [5.74, 6) is 0.569. The van der Waals surface area contributed by atoms with E-state index in [1.807, 2.05) is 12.1 Å². The van der Waals surface area contributed by atoms with Crippen LogP contribution in [0.1, 0.15) is 24.6 Å². The summed E-state index contributed by atoms with van der Waals surface area (Å²) in [4.78, 5) is 0. The van der Waals surface area contributed by atoms with Crippen LogP contribution in [0.2, 0.25) is 0 Å². The Kier molecular flexibility index (Phi) is 4.70. The zero-order chi connectivity index (χ0) is 13.5. The average Bonchev–Trinajstić information content (AvgIpc) is 2.90. The smallest absolute Gasteiger partial charge is 0.137 e. The van der Waals surface area contributed by atoms with Crippen LogP contribution in [0, 0.1) is 11.3 Å². The number of hydrogen-bond donors (Lipinski definition) is 1. The van der Waals surface area contributed by atoms with E-state index >= 15 is 0 Å². The van der Waals surface area contributed by atoms with E-state index in [-0.39, 0.29) is 0 Å². The highest BCUT2D eigenvalue weighted by atomic mass is 32.1. The number of anilines is 1. The molecule has 0 fully saturated rings. The molecule has 0 saturated heterocycles. The Balaban J connectivity index is 2.03. The Morgan fingerprint density at radius 2 is 2.26 bits per heavy atom. The highest BCUT2D eigenvalue weighted by molar-refractivity contribution is 7.10. The summed E-state index contributed by atoms with van der Waals surface area (Å²) >= 11 is 1.32. The lowest BCUT2D eigenvalue weighted by Crippen LogP contribution is -2.04. The van der Waals surface area contributed by atoms with Crippen LogP contribution in [0.25, 0.3) is 0 Å². The molecule has 0 atom stereocenters. The van der Waals surface area contributed by atoms with Crippen molar-refractivity contribution >= 4 is 16.5 Å². The molecule has 0 aliphatic rings. The minimum absolute atomic E-state index is 0.307. The van der Waals surface area contributed by atoms with Gasteiger partial charge in [0.2, 0.25) is 0 Å². The largest absolute Gasteiger partial charge is 0.486 e. The molecule has 1 aromatic heterocycles. The molecule has 0 aliphatic carbocycles. The SMILES string of the molecule is CCCNc1snnc1COc1ccccc1C#N. The highest BCUT2D eigenvalue weighted by Gasteiger charge is 2.09. The molecule has 0 spiro atoms. The van der Waals surface area contributed by atoms with E-state index < -0.39 is 0 Å². The van der Waals surface area contributed by atoms with Crippen LogP contribution in [0.4, 0.5) is 5.00 Å². The second-order valence-corrected chi connectivity index (χ2v) is 4.63. The second-order valence-electron chi connectivity index (χ2n) is 3.87. The van der Waals surface area contributed by atoms with Crippen LogP contribution >= 0.6 is 11.5 Å². The Bertz CT molecular complexity index is 576. The molecule has 1 aromatic carbocycles. The van der Waals surface area contributed by atoms with Crippen molar-refractivity contribution in [2.24, 2.45) is 0 Å². The second kappa shape index (κ2) is 6.71. The summed E-state index contributed by atoms with van der Waals surface area (Å²) in [6, 6.07) is 9.25. The first-order valence-corrected chi connectivity index (χ1v) is 6.79. The Morgan fingerprint density at radius 3 is 3.05 bits per heavy atom. The molecule has 98 valence electrons. The van der Waals surface area contributed by atoms with Gasteiger partial charge in [0.25, 0.3) is 0 Å². The third-order valence-corrected chi connectivity index (χ3v) is 3.19. The summed E-state index contributed by atoms with van der Waals surface area (Å²) in [5, 5.41) is 17.2. The van der Waals surface area contributed by atoms with Crippen molar-refractivity contribution in [1.29, 1.82) is 5.26 Å². The molecule has 0 aliphatic heterocycles. The van der Waals surface area contributed by atoms with Gasteiger partial charge in [0, 0.05) is 18.1 Å².